The van der Waals surface area contributed by atoms with Crippen LogP contribution in [0.25, 0.3) is 0 Å². The van der Waals surface area contributed by atoms with Crippen molar-refractivity contribution < 1.29 is 9.53 Å². The number of esters is 1. The van der Waals surface area contributed by atoms with E-state index in [-0.39, 0.29) is 18.0 Å². The summed E-state index contributed by atoms with van der Waals surface area (Å²) in [6.45, 7) is 5.32. The fraction of sp³-hybridized carbons (Fsp3) is 0.296. The average molecular weight is 400 g/mol. The summed E-state index contributed by atoms with van der Waals surface area (Å²) in [6, 6.07) is 31.9. The van der Waals surface area contributed by atoms with E-state index in [9.17, 15) is 4.79 Å². The van der Waals surface area contributed by atoms with Crippen molar-refractivity contribution in [2.24, 2.45) is 5.92 Å². The Morgan fingerprint density at radius 3 is 1.67 bits per heavy atom. The molecule has 4 rings (SSSR count). The molecule has 0 aromatic heterocycles. The van der Waals surface area contributed by atoms with Gasteiger partial charge in [0, 0.05) is 13.1 Å². The lowest BCUT2D eigenvalue weighted by atomic mass is 9.75. The van der Waals surface area contributed by atoms with Crippen molar-refractivity contribution in [3.05, 3.63) is 108 Å². The van der Waals surface area contributed by atoms with Crippen molar-refractivity contribution in [1.29, 1.82) is 0 Å². The van der Waals surface area contributed by atoms with Gasteiger partial charge in [-0.25, -0.2) is 0 Å². The van der Waals surface area contributed by atoms with Gasteiger partial charge in [-0.15, -0.1) is 0 Å². The first-order chi connectivity index (χ1) is 14.6. The maximum atomic E-state index is 12.7. The molecular weight excluding hydrogens is 370 g/mol. The van der Waals surface area contributed by atoms with E-state index in [2.05, 4.69) is 95.9 Å². The molecule has 30 heavy (non-hydrogen) atoms. The van der Waals surface area contributed by atoms with Gasteiger partial charge in [0.05, 0.1) is 17.6 Å². The van der Waals surface area contributed by atoms with Crippen molar-refractivity contribution in [3.8, 4) is 0 Å². The van der Waals surface area contributed by atoms with Gasteiger partial charge in [-0.1, -0.05) is 91.0 Å². The lowest BCUT2D eigenvalue weighted by molar-refractivity contribution is -0.152. The van der Waals surface area contributed by atoms with E-state index in [4.69, 9.17) is 4.74 Å². The molecule has 0 aliphatic carbocycles. The number of hydrogen-bond acceptors (Lipinski definition) is 3. The van der Waals surface area contributed by atoms with Crippen LogP contribution in [-0.4, -0.2) is 30.1 Å². The molecule has 1 saturated heterocycles. The topological polar surface area (TPSA) is 29.5 Å². The minimum absolute atomic E-state index is 0.0874. The van der Waals surface area contributed by atoms with Crippen LogP contribution in [0.15, 0.2) is 91.0 Å². The normalized spacial score (nSPS) is 17.2. The molecule has 0 spiro atoms. The molecule has 0 bridgehead atoms. The highest BCUT2D eigenvalue weighted by Gasteiger charge is 2.46. The van der Waals surface area contributed by atoms with Gasteiger partial charge >= 0.3 is 5.97 Å². The Kier molecular flexibility index (Phi) is 6.01. The van der Waals surface area contributed by atoms with Crippen LogP contribution in [-0.2, 0) is 15.1 Å². The molecule has 1 heterocycles. The van der Waals surface area contributed by atoms with E-state index >= 15 is 0 Å². The molecule has 1 atom stereocenters. The summed E-state index contributed by atoms with van der Waals surface area (Å²) in [4.78, 5) is 15.1. The highest BCUT2D eigenvalue weighted by atomic mass is 16.5. The summed E-state index contributed by atoms with van der Waals surface area (Å²) in [5.41, 5.74) is 3.16. The van der Waals surface area contributed by atoms with Crippen LogP contribution >= 0.6 is 0 Å². The molecular formula is C27H29NO2. The van der Waals surface area contributed by atoms with Crippen LogP contribution in [0.3, 0.4) is 0 Å². The molecule has 0 N–H and O–H groups in total. The van der Waals surface area contributed by atoms with E-state index in [0.717, 1.165) is 13.0 Å². The first-order valence-corrected chi connectivity index (χ1v) is 10.7. The Labute approximate surface area is 179 Å². The van der Waals surface area contributed by atoms with Crippen LogP contribution in [0.4, 0.5) is 0 Å². The monoisotopic (exact) mass is 399 g/mol. The van der Waals surface area contributed by atoms with E-state index < -0.39 is 5.54 Å². The molecule has 1 unspecified atom stereocenters. The molecule has 3 aromatic rings. The molecule has 3 nitrogen and oxygen atoms in total. The number of ether oxygens (including phenoxy) is 1. The maximum Gasteiger partial charge on any atom is 0.310 e. The number of benzene rings is 3. The predicted octanol–water partition coefficient (Wildman–Crippen LogP) is 5.25. The van der Waals surface area contributed by atoms with Gasteiger partial charge in [0.15, 0.2) is 0 Å². The van der Waals surface area contributed by atoms with Gasteiger partial charge in [-0.3, -0.25) is 9.69 Å². The lowest BCUT2D eigenvalue weighted by Gasteiger charge is -2.44. The molecule has 1 aliphatic rings. The van der Waals surface area contributed by atoms with Gasteiger partial charge in [0.25, 0.3) is 0 Å². The molecule has 3 aromatic carbocycles. The second-order valence-corrected chi connectivity index (χ2v) is 8.23. The summed E-state index contributed by atoms with van der Waals surface area (Å²) in [5.74, 6) is -0.196. The third-order valence-corrected chi connectivity index (χ3v) is 5.92. The number of carbonyl (C=O) groups excluding carboxylic acids is 1. The second-order valence-electron chi connectivity index (χ2n) is 8.23. The Balaban J connectivity index is 1.85. The maximum absolute atomic E-state index is 12.7. The van der Waals surface area contributed by atoms with Crippen molar-refractivity contribution in [2.45, 2.75) is 31.9 Å². The Morgan fingerprint density at radius 1 is 0.833 bits per heavy atom. The molecule has 0 amide bonds. The summed E-state index contributed by atoms with van der Waals surface area (Å²) in [7, 11) is 0. The minimum Gasteiger partial charge on any atom is -0.463 e. The second kappa shape index (κ2) is 8.85. The molecule has 1 aliphatic heterocycles. The predicted molar refractivity (Wildman–Crippen MR) is 120 cm³/mol. The van der Waals surface area contributed by atoms with Crippen LogP contribution in [0.2, 0.25) is 0 Å². The van der Waals surface area contributed by atoms with Crippen molar-refractivity contribution in [2.75, 3.05) is 13.1 Å². The van der Waals surface area contributed by atoms with Gasteiger partial charge in [-0.05, 0) is 37.0 Å². The number of hydrogen-bond donors (Lipinski definition) is 0. The van der Waals surface area contributed by atoms with Crippen molar-refractivity contribution in [1.82, 2.24) is 4.90 Å². The molecule has 0 radical (unpaired) electrons. The Morgan fingerprint density at radius 2 is 1.27 bits per heavy atom. The number of nitrogens with zero attached hydrogens (tertiary/aromatic N) is 1. The van der Waals surface area contributed by atoms with Crippen LogP contribution in [0.5, 0.6) is 0 Å². The number of rotatable bonds is 6. The fourth-order valence-electron chi connectivity index (χ4n) is 4.67. The van der Waals surface area contributed by atoms with Crippen molar-refractivity contribution >= 4 is 5.97 Å². The van der Waals surface area contributed by atoms with Crippen LogP contribution in [0, 0.1) is 5.92 Å². The van der Waals surface area contributed by atoms with Crippen LogP contribution in [0.1, 0.15) is 37.0 Å². The Hall–Kier alpha value is -2.91. The smallest absolute Gasteiger partial charge is 0.310 e. The van der Waals surface area contributed by atoms with E-state index in [0.29, 0.717) is 6.54 Å². The zero-order valence-corrected chi connectivity index (χ0v) is 17.7. The molecule has 154 valence electrons. The number of carbonyl (C=O) groups is 1. The van der Waals surface area contributed by atoms with Crippen molar-refractivity contribution in [3.63, 3.8) is 0 Å². The fourth-order valence-corrected chi connectivity index (χ4v) is 4.67. The van der Waals surface area contributed by atoms with Gasteiger partial charge in [0.1, 0.15) is 0 Å². The summed E-state index contributed by atoms with van der Waals surface area (Å²) >= 11 is 0. The largest absolute Gasteiger partial charge is 0.463 e. The lowest BCUT2D eigenvalue weighted by Crippen LogP contribution is -2.47. The minimum atomic E-state index is -0.462. The third-order valence-electron chi connectivity index (χ3n) is 5.92. The molecule has 0 saturated carbocycles. The average Bonchev–Trinajstić information content (AvgIpc) is 3.27. The molecule has 3 heteroatoms. The van der Waals surface area contributed by atoms with Crippen LogP contribution < -0.4 is 0 Å². The highest BCUT2D eigenvalue weighted by Crippen LogP contribution is 2.44. The van der Waals surface area contributed by atoms with E-state index in [1.165, 1.54) is 16.7 Å². The first-order valence-electron chi connectivity index (χ1n) is 10.7. The standard InChI is InChI=1S/C27H29NO2/c1-21(2)30-26(29)22-18-19-28(20-22)27(23-12-6-3-7-13-23,24-14-8-4-9-15-24)25-16-10-5-11-17-25/h3-17,21-22H,18-20H2,1-2H3. The van der Waals surface area contributed by atoms with E-state index in [1.807, 2.05) is 13.8 Å². The Bertz CT molecular complexity index is 857. The van der Waals surface area contributed by atoms with Gasteiger partial charge < -0.3 is 4.74 Å². The molecule has 1 fully saturated rings. The first kappa shape index (κ1) is 20.4. The quantitative estimate of drug-likeness (QED) is 0.419. The van der Waals surface area contributed by atoms with Gasteiger partial charge in [0.2, 0.25) is 0 Å². The zero-order chi connectivity index (χ0) is 21.0. The van der Waals surface area contributed by atoms with E-state index in [1.54, 1.807) is 0 Å². The third kappa shape index (κ3) is 3.78. The van der Waals surface area contributed by atoms with Gasteiger partial charge in [-0.2, -0.15) is 0 Å². The summed E-state index contributed by atoms with van der Waals surface area (Å²) < 4.78 is 5.55. The number of likely N-dealkylation sites (tertiary alicyclic amines) is 1. The SMILES string of the molecule is CC(C)OC(=O)C1CCN(C(c2ccccc2)(c2ccccc2)c2ccccc2)C1. The highest BCUT2D eigenvalue weighted by molar-refractivity contribution is 5.73. The zero-order valence-electron chi connectivity index (χ0n) is 17.7. The summed E-state index contributed by atoms with van der Waals surface area (Å²) in [6.07, 6.45) is 0.716. The summed E-state index contributed by atoms with van der Waals surface area (Å²) in [5, 5.41) is 0.